The Morgan fingerprint density at radius 1 is 1.07 bits per heavy atom. The van der Waals surface area contributed by atoms with Crippen molar-refractivity contribution >= 4 is 0 Å². The van der Waals surface area contributed by atoms with E-state index >= 15 is 0 Å². The highest BCUT2D eigenvalue weighted by atomic mass is 19.1. The first kappa shape index (κ1) is 18.7. The van der Waals surface area contributed by atoms with Gasteiger partial charge < -0.3 is 10.1 Å². The molecule has 4 saturated heterocycles. The lowest BCUT2D eigenvalue weighted by Gasteiger charge is -2.46. The van der Waals surface area contributed by atoms with Crippen molar-refractivity contribution in [2.45, 2.75) is 82.1 Å². The summed E-state index contributed by atoms with van der Waals surface area (Å²) in [7, 11) is 0. The molecule has 1 aliphatic carbocycles. The predicted octanol–water partition coefficient (Wildman–Crippen LogP) is 1.05. The predicted molar refractivity (Wildman–Crippen MR) is 103 cm³/mol. The molecule has 5 fully saturated rings. The van der Waals surface area contributed by atoms with Gasteiger partial charge in [0.1, 0.15) is 6.17 Å². The zero-order valence-corrected chi connectivity index (χ0v) is 16.6. The van der Waals surface area contributed by atoms with Crippen molar-refractivity contribution in [1.29, 1.82) is 0 Å². The quantitative estimate of drug-likeness (QED) is 0.583. The molecule has 8 atom stereocenters. The van der Waals surface area contributed by atoms with Crippen molar-refractivity contribution in [2.24, 2.45) is 11.8 Å². The van der Waals surface area contributed by atoms with Gasteiger partial charge in [-0.05, 0) is 51.0 Å². The van der Waals surface area contributed by atoms with Gasteiger partial charge in [-0.3, -0.25) is 15.6 Å². The topological polar surface area (TPSA) is 51.8 Å². The van der Waals surface area contributed by atoms with Gasteiger partial charge in [-0.25, -0.2) is 9.40 Å². The Morgan fingerprint density at radius 3 is 2.93 bits per heavy atom. The van der Waals surface area contributed by atoms with Crippen LogP contribution in [0.25, 0.3) is 0 Å². The number of alkyl halides is 1. The van der Waals surface area contributed by atoms with Crippen LogP contribution in [0.15, 0.2) is 0 Å². The number of fused-ring (bicyclic) bond motifs is 5. The number of hydrogen-bond acceptors (Lipinski definition) is 6. The summed E-state index contributed by atoms with van der Waals surface area (Å²) in [6, 6.07) is 0.893. The molecule has 3 N–H and O–H groups in total. The standard InChI is InChI=1S/C20H36FN5O/c1-13-10-22-16-11-23-26-8-6-19(24-20(16)26)25-7-2-3-17(25)15-9-14(21)4-5-18(15)27-12-13/h13-20,22-24H,2-12H2,1H3/t13-,14?,15?,16?,17-,18?,19?,20?/m0/s1. The van der Waals surface area contributed by atoms with Crippen molar-refractivity contribution in [3.05, 3.63) is 0 Å². The number of nitrogens with zero attached hydrogens (tertiary/aromatic N) is 2. The van der Waals surface area contributed by atoms with Gasteiger partial charge in [0.25, 0.3) is 0 Å². The number of rotatable bonds is 0. The Bertz CT molecular complexity index is 525. The Kier molecular flexibility index (Phi) is 5.43. The molecule has 0 aromatic carbocycles. The molecule has 1 saturated carbocycles. The minimum Gasteiger partial charge on any atom is -0.378 e. The average Bonchev–Trinajstić information content (AvgIpc) is 3.31. The third kappa shape index (κ3) is 3.67. The van der Waals surface area contributed by atoms with Crippen molar-refractivity contribution in [3.63, 3.8) is 0 Å². The van der Waals surface area contributed by atoms with Gasteiger partial charge in [0.2, 0.25) is 0 Å². The van der Waals surface area contributed by atoms with Crippen LogP contribution in [0.3, 0.4) is 0 Å². The lowest BCUT2D eigenvalue weighted by Crippen LogP contribution is -2.65. The second-order valence-electron chi connectivity index (χ2n) is 9.48. The van der Waals surface area contributed by atoms with E-state index in [2.05, 4.69) is 32.9 Å². The van der Waals surface area contributed by atoms with Crippen LogP contribution in [0.1, 0.15) is 45.4 Å². The maximum absolute atomic E-state index is 14.4. The van der Waals surface area contributed by atoms with Crippen LogP contribution in [0.5, 0.6) is 0 Å². The summed E-state index contributed by atoms with van der Waals surface area (Å²) in [4.78, 5) is 2.67. The van der Waals surface area contributed by atoms with Crippen LogP contribution in [0, 0.1) is 11.8 Å². The normalized spacial score (nSPS) is 49.6. The maximum Gasteiger partial charge on any atom is 0.101 e. The third-order valence-corrected chi connectivity index (χ3v) is 7.57. The molecule has 2 bridgehead atoms. The van der Waals surface area contributed by atoms with Gasteiger partial charge in [-0.2, -0.15) is 0 Å². The molecule has 6 unspecified atom stereocenters. The lowest BCUT2D eigenvalue weighted by molar-refractivity contribution is -0.0722. The zero-order chi connectivity index (χ0) is 18.4. The lowest BCUT2D eigenvalue weighted by atomic mass is 9.79. The number of hydrazine groups is 1. The minimum absolute atomic E-state index is 0.229. The van der Waals surface area contributed by atoms with Crippen LogP contribution in [0.4, 0.5) is 4.39 Å². The van der Waals surface area contributed by atoms with E-state index in [0.29, 0.717) is 49.1 Å². The van der Waals surface area contributed by atoms with E-state index in [1.165, 1.54) is 12.8 Å². The van der Waals surface area contributed by atoms with Crippen LogP contribution in [-0.2, 0) is 4.74 Å². The number of halogens is 1. The highest BCUT2D eigenvalue weighted by molar-refractivity contribution is 4.99. The molecule has 0 amide bonds. The van der Waals surface area contributed by atoms with E-state index in [4.69, 9.17) is 4.74 Å². The second kappa shape index (κ2) is 7.84. The first-order valence-electron chi connectivity index (χ1n) is 11.2. The average molecular weight is 382 g/mol. The fourth-order valence-corrected chi connectivity index (χ4v) is 6.15. The number of nitrogens with one attached hydrogen (secondary N) is 3. The third-order valence-electron chi connectivity index (χ3n) is 7.57. The van der Waals surface area contributed by atoms with Gasteiger partial charge in [-0.15, -0.1) is 0 Å². The summed E-state index contributed by atoms with van der Waals surface area (Å²) in [5.41, 5.74) is 3.56. The van der Waals surface area contributed by atoms with E-state index in [1.54, 1.807) is 0 Å². The van der Waals surface area contributed by atoms with Gasteiger partial charge in [0, 0.05) is 31.6 Å². The molecule has 4 heterocycles. The molecule has 6 nitrogen and oxygen atoms in total. The van der Waals surface area contributed by atoms with E-state index in [-0.39, 0.29) is 6.10 Å². The monoisotopic (exact) mass is 381 g/mol. The highest BCUT2D eigenvalue weighted by Gasteiger charge is 2.46. The van der Waals surface area contributed by atoms with Crippen LogP contribution < -0.4 is 16.1 Å². The maximum atomic E-state index is 14.4. The Labute approximate surface area is 162 Å². The van der Waals surface area contributed by atoms with Gasteiger partial charge in [-0.1, -0.05) is 6.92 Å². The summed E-state index contributed by atoms with van der Waals surface area (Å²) >= 11 is 0. The van der Waals surface area contributed by atoms with E-state index in [1.807, 2.05) is 0 Å². The molecular formula is C20H36FN5O. The molecule has 5 aliphatic rings. The summed E-state index contributed by atoms with van der Waals surface area (Å²) in [5, 5.41) is 10.1. The highest BCUT2D eigenvalue weighted by Crippen LogP contribution is 2.39. The molecule has 154 valence electrons. The van der Waals surface area contributed by atoms with Crippen LogP contribution in [0.2, 0.25) is 0 Å². The molecule has 7 heteroatoms. The molecule has 0 spiro atoms. The molecule has 0 radical (unpaired) electrons. The minimum atomic E-state index is -0.648. The van der Waals surface area contributed by atoms with Crippen molar-refractivity contribution in [1.82, 2.24) is 26.0 Å². The van der Waals surface area contributed by atoms with Crippen molar-refractivity contribution in [2.75, 3.05) is 32.8 Å². The van der Waals surface area contributed by atoms with Crippen LogP contribution >= 0.6 is 0 Å². The molecule has 27 heavy (non-hydrogen) atoms. The zero-order valence-electron chi connectivity index (χ0n) is 16.6. The molecule has 0 aromatic rings. The van der Waals surface area contributed by atoms with E-state index < -0.39 is 6.17 Å². The first-order chi connectivity index (χ1) is 13.2. The number of ether oxygens (including phenoxy) is 1. The van der Waals surface area contributed by atoms with Gasteiger partial charge >= 0.3 is 0 Å². The summed E-state index contributed by atoms with van der Waals surface area (Å²) in [6.45, 7) is 7.22. The molecule has 4 aliphatic heterocycles. The van der Waals surface area contributed by atoms with Gasteiger partial charge in [0.15, 0.2) is 0 Å². The number of hydrogen-bond donors (Lipinski definition) is 3. The second-order valence-corrected chi connectivity index (χ2v) is 9.48. The Balaban J connectivity index is 1.41. The van der Waals surface area contributed by atoms with Crippen LogP contribution in [-0.4, -0.2) is 79.4 Å². The fourth-order valence-electron chi connectivity index (χ4n) is 6.15. The smallest absolute Gasteiger partial charge is 0.101 e. The molecule has 5 rings (SSSR count). The first-order valence-corrected chi connectivity index (χ1v) is 11.2. The SMILES string of the molecule is C[C@H]1CNC2CNN3CCC(NC23)N2CCC[C@H]2C2CC(F)CCC2OC1. The fraction of sp³-hybridized carbons (Fsp3) is 1.00. The van der Waals surface area contributed by atoms with E-state index in [0.717, 1.165) is 45.6 Å². The van der Waals surface area contributed by atoms with E-state index in [9.17, 15) is 4.39 Å². The van der Waals surface area contributed by atoms with Crippen molar-refractivity contribution in [3.8, 4) is 0 Å². The Hall–Kier alpha value is -0.310. The van der Waals surface area contributed by atoms with Gasteiger partial charge in [0.05, 0.1) is 31.1 Å². The molecule has 0 aromatic heterocycles. The summed E-state index contributed by atoms with van der Waals surface area (Å²) < 4.78 is 20.8. The van der Waals surface area contributed by atoms with Crippen molar-refractivity contribution < 1.29 is 9.13 Å². The Morgan fingerprint density at radius 2 is 2.00 bits per heavy atom. The largest absolute Gasteiger partial charge is 0.378 e. The summed E-state index contributed by atoms with van der Waals surface area (Å²) in [6.07, 6.45) is 6.12. The summed E-state index contributed by atoms with van der Waals surface area (Å²) in [5.74, 6) is 0.817. The molecular weight excluding hydrogens is 345 g/mol.